The number of nitrogens with one attached hydrogen (secondary N) is 1. The fraction of sp³-hybridized carbons (Fsp3) is 0.333. The maximum Gasteiger partial charge on any atom is 0.0406 e. The quantitative estimate of drug-likeness (QED) is 0.829. The van der Waals surface area contributed by atoms with E-state index in [-0.39, 0.29) is 0 Å². The fourth-order valence-corrected chi connectivity index (χ4v) is 2.75. The number of rotatable bonds is 5. The standard InChI is InChI=1S/C18H22ClN/c1-4-20-18(12-15-5-7-17(19)8-6-15)16-10-13(2)9-14(3)11-16/h5-11,18,20H,4,12H2,1-3H3. The molecule has 2 rings (SSSR count). The van der Waals surface area contributed by atoms with Gasteiger partial charge in [-0.3, -0.25) is 0 Å². The molecule has 1 unspecified atom stereocenters. The Balaban J connectivity index is 2.23. The maximum atomic E-state index is 5.95. The van der Waals surface area contributed by atoms with Crippen LogP contribution in [0, 0.1) is 13.8 Å². The summed E-state index contributed by atoms with van der Waals surface area (Å²) in [5.41, 5.74) is 5.30. The number of hydrogen-bond donors (Lipinski definition) is 1. The Bertz CT molecular complexity index is 540. The van der Waals surface area contributed by atoms with E-state index in [9.17, 15) is 0 Å². The Kier molecular flexibility index (Phi) is 5.22. The van der Waals surface area contributed by atoms with E-state index < -0.39 is 0 Å². The summed E-state index contributed by atoms with van der Waals surface area (Å²) < 4.78 is 0. The first-order chi connectivity index (χ1) is 9.58. The molecule has 0 amide bonds. The molecule has 0 aliphatic heterocycles. The Morgan fingerprint density at radius 1 is 1.00 bits per heavy atom. The van der Waals surface area contributed by atoms with Crippen molar-refractivity contribution in [3.63, 3.8) is 0 Å². The molecule has 106 valence electrons. The molecule has 0 saturated heterocycles. The van der Waals surface area contributed by atoms with Crippen molar-refractivity contribution in [1.29, 1.82) is 0 Å². The molecule has 0 aliphatic rings. The first kappa shape index (κ1) is 15.1. The lowest BCUT2D eigenvalue weighted by Gasteiger charge is -2.20. The zero-order chi connectivity index (χ0) is 14.5. The van der Waals surface area contributed by atoms with Crippen LogP contribution >= 0.6 is 11.6 Å². The highest BCUT2D eigenvalue weighted by atomic mass is 35.5. The number of likely N-dealkylation sites (N-methyl/N-ethyl adjacent to an activating group) is 1. The molecule has 1 nitrogen and oxygen atoms in total. The van der Waals surface area contributed by atoms with Gasteiger partial charge in [0.15, 0.2) is 0 Å². The third-order valence-corrected chi connectivity index (χ3v) is 3.70. The normalized spacial score (nSPS) is 12.4. The van der Waals surface area contributed by atoms with Gasteiger partial charge in [0.2, 0.25) is 0 Å². The van der Waals surface area contributed by atoms with Crippen molar-refractivity contribution in [2.75, 3.05) is 6.54 Å². The third kappa shape index (κ3) is 4.09. The van der Waals surface area contributed by atoms with Crippen LogP contribution in [0.3, 0.4) is 0 Å². The molecule has 0 bridgehead atoms. The van der Waals surface area contributed by atoms with Crippen molar-refractivity contribution in [2.45, 2.75) is 33.2 Å². The first-order valence-electron chi connectivity index (χ1n) is 7.14. The monoisotopic (exact) mass is 287 g/mol. The van der Waals surface area contributed by atoms with Gasteiger partial charge in [-0.25, -0.2) is 0 Å². The van der Waals surface area contributed by atoms with Gasteiger partial charge in [0.05, 0.1) is 0 Å². The SMILES string of the molecule is CCNC(Cc1ccc(Cl)cc1)c1cc(C)cc(C)c1. The summed E-state index contributed by atoms with van der Waals surface area (Å²) in [5.74, 6) is 0. The maximum absolute atomic E-state index is 5.95. The van der Waals surface area contributed by atoms with Crippen LogP contribution in [0.5, 0.6) is 0 Å². The van der Waals surface area contributed by atoms with Gasteiger partial charge in [0, 0.05) is 11.1 Å². The summed E-state index contributed by atoms with van der Waals surface area (Å²) >= 11 is 5.95. The average Bonchev–Trinajstić information content (AvgIpc) is 2.39. The predicted octanol–water partition coefficient (Wildman–Crippen LogP) is 4.85. The Hall–Kier alpha value is -1.31. The molecule has 0 radical (unpaired) electrons. The molecule has 2 aromatic rings. The van der Waals surface area contributed by atoms with Crippen LogP contribution < -0.4 is 5.32 Å². The molecule has 0 spiro atoms. The van der Waals surface area contributed by atoms with Gasteiger partial charge in [-0.15, -0.1) is 0 Å². The van der Waals surface area contributed by atoms with E-state index in [0.29, 0.717) is 6.04 Å². The van der Waals surface area contributed by atoms with E-state index in [4.69, 9.17) is 11.6 Å². The second-order valence-electron chi connectivity index (χ2n) is 5.36. The second-order valence-corrected chi connectivity index (χ2v) is 5.80. The lowest BCUT2D eigenvalue weighted by Crippen LogP contribution is -2.23. The van der Waals surface area contributed by atoms with Gasteiger partial charge in [-0.05, 0) is 50.1 Å². The highest BCUT2D eigenvalue weighted by molar-refractivity contribution is 6.30. The van der Waals surface area contributed by atoms with Crippen LogP contribution in [-0.4, -0.2) is 6.54 Å². The number of halogens is 1. The Labute approximate surface area is 127 Å². The molecule has 1 N–H and O–H groups in total. The van der Waals surface area contributed by atoms with Gasteiger partial charge >= 0.3 is 0 Å². The molecular formula is C18H22ClN. The van der Waals surface area contributed by atoms with Crippen LogP contribution in [0.2, 0.25) is 5.02 Å². The first-order valence-corrected chi connectivity index (χ1v) is 7.52. The number of aryl methyl sites for hydroxylation is 2. The van der Waals surface area contributed by atoms with Crippen LogP contribution in [0.4, 0.5) is 0 Å². The topological polar surface area (TPSA) is 12.0 Å². The minimum Gasteiger partial charge on any atom is -0.310 e. The van der Waals surface area contributed by atoms with Crippen LogP contribution in [-0.2, 0) is 6.42 Å². The van der Waals surface area contributed by atoms with Gasteiger partial charge in [0.25, 0.3) is 0 Å². The van der Waals surface area contributed by atoms with E-state index in [1.165, 1.54) is 22.3 Å². The lowest BCUT2D eigenvalue weighted by molar-refractivity contribution is 0.549. The molecule has 0 saturated carbocycles. The van der Waals surface area contributed by atoms with Crippen molar-refractivity contribution in [3.05, 3.63) is 69.7 Å². The smallest absolute Gasteiger partial charge is 0.0406 e. The summed E-state index contributed by atoms with van der Waals surface area (Å²) in [6.45, 7) is 7.42. The molecule has 2 aromatic carbocycles. The molecule has 1 atom stereocenters. The summed E-state index contributed by atoms with van der Waals surface area (Å²) in [7, 11) is 0. The molecule has 20 heavy (non-hydrogen) atoms. The minimum atomic E-state index is 0.347. The van der Waals surface area contributed by atoms with Crippen molar-refractivity contribution in [3.8, 4) is 0 Å². The van der Waals surface area contributed by atoms with Gasteiger partial charge in [-0.2, -0.15) is 0 Å². The van der Waals surface area contributed by atoms with Crippen LogP contribution in [0.25, 0.3) is 0 Å². The van der Waals surface area contributed by atoms with Crippen molar-refractivity contribution in [1.82, 2.24) is 5.32 Å². The highest BCUT2D eigenvalue weighted by Crippen LogP contribution is 2.22. The lowest BCUT2D eigenvalue weighted by atomic mass is 9.96. The third-order valence-electron chi connectivity index (χ3n) is 3.45. The Morgan fingerprint density at radius 2 is 1.60 bits per heavy atom. The molecule has 2 heteroatoms. The van der Waals surface area contributed by atoms with Crippen LogP contribution in [0.1, 0.15) is 35.2 Å². The average molecular weight is 288 g/mol. The summed E-state index contributed by atoms with van der Waals surface area (Å²) in [5, 5.41) is 4.38. The Morgan fingerprint density at radius 3 is 2.15 bits per heavy atom. The van der Waals surface area contributed by atoms with E-state index in [0.717, 1.165) is 18.0 Å². The van der Waals surface area contributed by atoms with Crippen molar-refractivity contribution >= 4 is 11.6 Å². The molecule has 0 aliphatic carbocycles. The van der Waals surface area contributed by atoms with E-state index in [1.54, 1.807) is 0 Å². The van der Waals surface area contributed by atoms with Gasteiger partial charge in [-0.1, -0.05) is 60.0 Å². The number of benzene rings is 2. The highest BCUT2D eigenvalue weighted by Gasteiger charge is 2.12. The number of hydrogen-bond acceptors (Lipinski definition) is 1. The predicted molar refractivity (Wildman–Crippen MR) is 87.5 cm³/mol. The largest absolute Gasteiger partial charge is 0.310 e. The minimum absolute atomic E-state index is 0.347. The summed E-state index contributed by atoms with van der Waals surface area (Å²) in [6, 6.07) is 15.2. The van der Waals surface area contributed by atoms with E-state index >= 15 is 0 Å². The molecule has 0 aromatic heterocycles. The van der Waals surface area contributed by atoms with Crippen molar-refractivity contribution < 1.29 is 0 Å². The summed E-state index contributed by atoms with van der Waals surface area (Å²) in [6.07, 6.45) is 0.980. The van der Waals surface area contributed by atoms with Crippen molar-refractivity contribution in [2.24, 2.45) is 0 Å². The fourth-order valence-electron chi connectivity index (χ4n) is 2.62. The zero-order valence-electron chi connectivity index (χ0n) is 12.4. The molecular weight excluding hydrogens is 266 g/mol. The summed E-state index contributed by atoms with van der Waals surface area (Å²) in [4.78, 5) is 0. The second kappa shape index (κ2) is 6.92. The van der Waals surface area contributed by atoms with E-state index in [1.807, 2.05) is 12.1 Å². The van der Waals surface area contributed by atoms with Gasteiger partial charge < -0.3 is 5.32 Å². The zero-order valence-corrected chi connectivity index (χ0v) is 13.2. The van der Waals surface area contributed by atoms with Gasteiger partial charge in [0.1, 0.15) is 0 Å². The molecule has 0 fully saturated rings. The molecule has 0 heterocycles. The van der Waals surface area contributed by atoms with Crippen LogP contribution in [0.15, 0.2) is 42.5 Å². The van der Waals surface area contributed by atoms with E-state index in [2.05, 4.69) is 56.4 Å².